The number of aromatic nitrogens is 2. The molecule has 0 saturated carbocycles. The maximum atomic E-state index is 13.8. The molecule has 2 aromatic carbocycles. The van der Waals surface area contributed by atoms with Crippen molar-refractivity contribution in [1.82, 2.24) is 14.7 Å². The van der Waals surface area contributed by atoms with Crippen LogP contribution in [0.4, 0.5) is 11.5 Å². The molecule has 1 atom stereocenters. The van der Waals surface area contributed by atoms with Crippen LogP contribution in [0.25, 0.3) is 0 Å². The van der Waals surface area contributed by atoms with Crippen LogP contribution < -0.4 is 10.2 Å². The molecule has 2 aliphatic heterocycles. The molecule has 1 N–H and O–H groups in total. The number of nitrogens with one attached hydrogen (secondary N) is 1. The molecule has 8 heteroatoms. The number of allylic oxidation sites excluding steroid dienone is 1. The predicted octanol–water partition coefficient (Wildman–Crippen LogP) is 4.83. The van der Waals surface area contributed by atoms with Crippen molar-refractivity contribution in [3.63, 3.8) is 0 Å². The third-order valence-electron chi connectivity index (χ3n) is 6.10. The Labute approximate surface area is 197 Å². The van der Waals surface area contributed by atoms with Crippen LogP contribution >= 0.6 is 23.2 Å². The molecule has 3 aromatic rings. The molecule has 1 aromatic heterocycles. The molecule has 1 amide bonds. The van der Waals surface area contributed by atoms with E-state index in [1.165, 1.54) is 5.69 Å². The third kappa shape index (κ3) is 3.63. The minimum Gasteiger partial charge on any atom is -0.368 e. The fraction of sp³-hybridized carbons (Fsp3) is 0.250. The SMILES string of the molecule is CC1=C(C(=O)N2CCN(c3ccccc3)CC2)[C@@H](c2cccc(Cl)c2Cl)n2nccc2N1. The smallest absolute Gasteiger partial charge is 0.254 e. The zero-order valence-electron chi connectivity index (χ0n) is 17.6. The van der Waals surface area contributed by atoms with Gasteiger partial charge in [-0.1, -0.05) is 53.5 Å². The summed E-state index contributed by atoms with van der Waals surface area (Å²) in [6, 6.07) is 17.2. The molecule has 2 aliphatic rings. The van der Waals surface area contributed by atoms with Gasteiger partial charge in [0, 0.05) is 49.2 Å². The minimum atomic E-state index is -0.452. The monoisotopic (exact) mass is 467 g/mol. The van der Waals surface area contributed by atoms with E-state index >= 15 is 0 Å². The van der Waals surface area contributed by atoms with Gasteiger partial charge in [0.05, 0.1) is 21.8 Å². The number of anilines is 2. The van der Waals surface area contributed by atoms with Crippen LogP contribution in [0.3, 0.4) is 0 Å². The first-order chi connectivity index (χ1) is 15.5. The predicted molar refractivity (Wildman–Crippen MR) is 128 cm³/mol. The molecule has 164 valence electrons. The zero-order chi connectivity index (χ0) is 22.2. The van der Waals surface area contributed by atoms with Crippen molar-refractivity contribution in [3.05, 3.63) is 87.7 Å². The van der Waals surface area contributed by atoms with Crippen LogP contribution in [0.15, 0.2) is 72.1 Å². The number of amides is 1. The van der Waals surface area contributed by atoms with Crippen LogP contribution in [0, 0.1) is 0 Å². The number of hydrogen-bond acceptors (Lipinski definition) is 4. The number of halogens is 2. The largest absolute Gasteiger partial charge is 0.368 e. The van der Waals surface area contributed by atoms with Crippen LogP contribution in [0.2, 0.25) is 10.0 Å². The molecule has 0 unspecified atom stereocenters. The lowest BCUT2D eigenvalue weighted by molar-refractivity contribution is -0.127. The van der Waals surface area contributed by atoms with Gasteiger partial charge in [0.1, 0.15) is 11.9 Å². The third-order valence-corrected chi connectivity index (χ3v) is 6.94. The fourth-order valence-corrected chi connectivity index (χ4v) is 4.89. The highest BCUT2D eigenvalue weighted by Crippen LogP contribution is 2.41. The van der Waals surface area contributed by atoms with Gasteiger partial charge in [-0.3, -0.25) is 4.79 Å². The second kappa shape index (κ2) is 8.52. The highest BCUT2D eigenvalue weighted by atomic mass is 35.5. The first-order valence-corrected chi connectivity index (χ1v) is 11.3. The second-order valence-electron chi connectivity index (χ2n) is 7.99. The van der Waals surface area contributed by atoms with E-state index in [9.17, 15) is 4.79 Å². The minimum absolute atomic E-state index is 0.00935. The van der Waals surface area contributed by atoms with Gasteiger partial charge in [0.2, 0.25) is 0 Å². The quantitative estimate of drug-likeness (QED) is 0.599. The highest BCUT2D eigenvalue weighted by Gasteiger charge is 2.37. The fourth-order valence-electron chi connectivity index (χ4n) is 4.48. The molecule has 0 bridgehead atoms. The van der Waals surface area contributed by atoms with Crippen LogP contribution in [-0.2, 0) is 4.79 Å². The molecule has 0 spiro atoms. The van der Waals surface area contributed by atoms with Gasteiger partial charge in [0.15, 0.2) is 0 Å². The summed E-state index contributed by atoms with van der Waals surface area (Å²) in [7, 11) is 0. The standard InChI is InChI=1S/C24H23Cl2N5O/c1-16-21(24(32)30-14-12-29(13-15-30)17-6-3-2-4-7-17)23(31-20(28-16)10-11-27-31)18-8-5-9-19(25)22(18)26/h2-11,23,28H,12-15H2,1H3/t23-/m1/s1. The number of rotatable bonds is 3. The zero-order valence-corrected chi connectivity index (χ0v) is 19.1. The molecule has 1 fully saturated rings. The molecule has 3 heterocycles. The van der Waals surface area contributed by atoms with Crippen molar-refractivity contribution in [2.75, 3.05) is 36.4 Å². The molecule has 0 radical (unpaired) electrons. The molecule has 6 nitrogen and oxygen atoms in total. The number of nitrogens with zero attached hydrogens (tertiary/aromatic N) is 4. The number of para-hydroxylation sites is 1. The van der Waals surface area contributed by atoms with E-state index in [1.807, 2.05) is 48.2 Å². The first kappa shape index (κ1) is 20.9. The van der Waals surface area contributed by atoms with Crippen molar-refractivity contribution in [2.24, 2.45) is 0 Å². The summed E-state index contributed by atoms with van der Waals surface area (Å²) in [4.78, 5) is 18.0. The summed E-state index contributed by atoms with van der Waals surface area (Å²) in [6.45, 7) is 4.78. The van der Waals surface area contributed by atoms with Crippen molar-refractivity contribution in [1.29, 1.82) is 0 Å². The lowest BCUT2D eigenvalue weighted by atomic mass is 9.94. The molecular formula is C24H23Cl2N5O. The van der Waals surface area contributed by atoms with Gasteiger partial charge in [0.25, 0.3) is 5.91 Å². The van der Waals surface area contributed by atoms with Gasteiger partial charge in [-0.15, -0.1) is 0 Å². The van der Waals surface area contributed by atoms with Gasteiger partial charge < -0.3 is 15.1 Å². The van der Waals surface area contributed by atoms with Crippen molar-refractivity contribution < 1.29 is 4.79 Å². The second-order valence-corrected chi connectivity index (χ2v) is 8.77. The maximum Gasteiger partial charge on any atom is 0.254 e. The number of hydrogen-bond donors (Lipinski definition) is 1. The van der Waals surface area contributed by atoms with E-state index in [-0.39, 0.29) is 5.91 Å². The molecular weight excluding hydrogens is 445 g/mol. The first-order valence-electron chi connectivity index (χ1n) is 10.6. The Bertz CT molecular complexity index is 1180. The van der Waals surface area contributed by atoms with E-state index in [2.05, 4.69) is 27.4 Å². The molecule has 1 saturated heterocycles. The van der Waals surface area contributed by atoms with Gasteiger partial charge in [-0.2, -0.15) is 5.10 Å². The number of carbonyl (C=O) groups is 1. The lowest BCUT2D eigenvalue weighted by Crippen LogP contribution is -2.50. The van der Waals surface area contributed by atoms with E-state index < -0.39 is 6.04 Å². The summed E-state index contributed by atoms with van der Waals surface area (Å²) in [5, 5.41) is 8.71. The number of fused-ring (bicyclic) bond motifs is 1. The van der Waals surface area contributed by atoms with Crippen molar-refractivity contribution in [2.45, 2.75) is 13.0 Å². The van der Waals surface area contributed by atoms with Crippen molar-refractivity contribution >= 4 is 40.6 Å². The van der Waals surface area contributed by atoms with Crippen LogP contribution in [0.5, 0.6) is 0 Å². The van der Waals surface area contributed by atoms with Gasteiger partial charge in [-0.25, -0.2) is 4.68 Å². The Kier molecular flexibility index (Phi) is 5.57. The molecule has 0 aliphatic carbocycles. The average Bonchev–Trinajstić information content (AvgIpc) is 3.28. The number of piperazine rings is 1. The summed E-state index contributed by atoms with van der Waals surface area (Å²) in [5.41, 5.74) is 3.38. The summed E-state index contributed by atoms with van der Waals surface area (Å²) in [6.07, 6.45) is 1.72. The summed E-state index contributed by atoms with van der Waals surface area (Å²) >= 11 is 12.9. The number of carbonyl (C=O) groups excluding carboxylic acids is 1. The average molecular weight is 468 g/mol. The molecule has 32 heavy (non-hydrogen) atoms. The highest BCUT2D eigenvalue weighted by molar-refractivity contribution is 6.42. The Balaban J connectivity index is 1.46. The Morgan fingerprint density at radius 1 is 1.00 bits per heavy atom. The normalized spacial score (nSPS) is 18.4. The van der Waals surface area contributed by atoms with E-state index in [4.69, 9.17) is 23.2 Å². The molecule has 5 rings (SSSR count). The summed E-state index contributed by atoms with van der Waals surface area (Å²) in [5.74, 6) is 0.805. The maximum absolute atomic E-state index is 13.8. The topological polar surface area (TPSA) is 53.4 Å². The van der Waals surface area contributed by atoms with Gasteiger partial charge >= 0.3 is 0 Å². The Morgan fingerprint density at radius 3 is 2.50 bits per heavy atom. The Hall–Kier alpha value is -2.96. The van der Waals surface area contributed by atoms with Crippen LogP contribution in [0.1, 0.15) is 18.5 Å². The Morgan fingerprint density at radius 2 is 1.75 bits per heavy atom. The lowest BCUT2D eigenvalue weighted by Gasteiger charge is -2.38. The van der Waals surface area contributed by atoms with E-state index in [1.54, 1.807) is 16.9 Å². The number of benzene rings is 2. The van der Waals surface area contributed by atoms with E-state index in [0.29, 0.717) is 28.7 Å². The van der Waals surface area contributed by atoms with E-state index in [0.717, 1.165) is 30.2 Å². The summed E-state index contributed by atoms with van der Waals surface area (Å²) < 4.78 is 1.80. The van der Waals surface area contributed by atoms with Crippen molar-refractivity contribution in [3.8, 4) is 0 Å². The van der Waals surface area contributed by atoms with Gasteiger partial charge in [-0.05, 0) is 25.1 Å². The van der Waals surface area contributed by atoms with Crippen LogP contribution in [-0.4, -0.2) is 46.8 Å².